The summed E-state index contributed by atoms with van der Waals surface area (Å²) in [6, 6.07) is 4.89. The van der Waals surface area contributed by atoms with E-state index in [1.807, 2.05) is 0 Å². The molecule has 23 heavy (non-hydrogen) atoms. The van der Waals surface area contributed by atoms with E-state index in [0.717, 1.165) is 32.6 Å². The van der Waals surface area contributed by atoms with Gasteiger partial charge in [0.05, 0.1) is 4.92 Å². The first-order chi connectivity index (χ1) is 11.0. The molecule has 1 saturated heterocycles. The van der Waals surface area contributed by atoms with Gasteiger partial charge in [-0.2, -0.15) is 0 Å². The fraction of sp³-hybridized carbons (Fsp3) is 0.438. The van der Waals surface area contributed by atoms with E-state index in [1.54, 1.807) is 24.0 Å². The minimum Gasteiger partial charge on any atom is -0.323 e. The molecular formula is C16H20N4O3. The van der Waals surface area contributed by atoms with Crippen molar-refractivity contribution in [3.05, 3.63) is 46.0 Å². The van der Waals surface area contributed by atoms with Crippen LogP contribution in [-0.2, 0) is 0 Å². The molecule has 0 unspecified atom stereocenters. The summed E-state index contributed by atoms with van der Waals surface area (Å²) in [7, 11) is 0. The molecular weight excluding hydrogens is 296 g/mol. The predicted molar refractivity (Wildman–Crippen MR) is 87.5 cm³/mol. The summed E-state index contributed by atoms with van der Waals surface area (Å²) in [5, 5.41) is 13.7. The molecule has 1 N–H and O–H groups in total. The number of nitrogens with one attached hydrogen (secondary N) is 1. The number of carbonyl (C=O) groups excluding carboxylic acids is 1. The minimum atomic E-state index is -0.421. The second-order valence-electron chi connectivity index (χ2n) is 6.00. The molecule has 0 bridgehead atoms. The van der Waals surface area contributed by atoms with Crippen LogP contribution >= 0.6 is 0 Å². The predicted octanol–water partition coefficient (Wildman–Crippen LogP) is 2.38. The van der Waals surface area contributed by atoms with Crippen LogP contribution in [0.5, 0.6) is 0 Å². The Morgan fingerprint density at radius 2 is 2.09 bits per heavy atom. The summed E-state index contributed by atoms with van der Waals surface area (Å²) >= 11 is 0. The van der Waals surface area contributed by atoms with Gasteiger partial charge in [0, 0.05) is 49.5 Å². The maximum absolute atomic E-state index is 12.4. The molecule has 122 valence electrons. The Balaban J connectivity index is 1.59. The Labute approximate surface area is 134 Å². The number of urea groups is 1. The largest absolute Gasteiger partial charge is 0.323 e. The van der Waals surface area contributed by atoms with Crippen molar-refractivity contribution in [2.75, 3.05) is 31.5 Å². The van der Waals surface area contributed by atoms with Gasteiger partial charge in [-0.15, -0.1) is 0 Å². The first-order valence-electron chi connectivity index (χ1n) is 7.74. The lowest BCUT2D eigenvalue weighted by atomic mass is 10.2. The summed E-state index contributed by atoms with van der Waals surface area (Å²) in [6.45, 7) is 5.04. The van der Waals surface area contributed by atoms with Crippen molar-refractivity contribution in [3.8, 4) is 0 Å². The number of amides is 2. The van der Waals surface area contributed by atoms with Gasteiger partial charge in [0.2, 0.25) is 0 Å². The van der Waals surface area contributed by atoms with E-state index in [9.17, 15) is 14.9 Å². The summed E-state index contributed by atoms with van der Waals surface area (Å²) < 4.78 is 0. The second kappa shape index (κ2) is 6.37. The lowest BCUT2D eigenvalue weighted by molar-refractivity contribution is -0.385. The van der Waals surface area contributed by atoms with Crippen molar-refractivity contribution < 1.29 is 9.72 Å². The molecule has 7 nitrogen and oxygen atoms in total. The van der Waals surface area contributed by atoms with Crippen LogP contribution in [0.3, 0.4) is 0 Å². The van der Waals surface area contributed by atoms with E-state index in [4.69, 9.17) is 0 Å². The summed E-state index contributed by atoms with van der Waals surface area (Å²) in [4.78, 5) is 26.9. The molecule has 1 fully saturated rings. The molecule has 3 rings (SSSR count). The maximum Gasteiger partial charge on any atom is 0.321 e. The quantitative estimate of drug-likeness (QED) is 0.527. The van der Waals surface area contributed by atoms with Crippen molar-refractivity contribution in [3.63, 3.8) is 0 Å². The van der Waals surface area contributed by atoms with E-state index in [2.05, 4.69) is 22.4 Å². The average Bonchev–Trinajstić information content (AvgIpc) is 3.18. The third-order valence-electron chi connectivity index (χ3n) is 4.46. The summed E-state index contributed by atoms with van der Waals surface area (Å²) in [6.07, 6.45) is 5.29. The third kappa shape index (κ3) is 3.34. The van der Waals surface area contributed by atoms with Crippen molar-refractivity contribution in [2.24, 2.45) is 0 Å². The highest BCUT2D eigenvalue weighted by Crippen LogP contribution is 2.23. The zero-order valence-corrected chi connectivity index (χ0v) is 13.1. The molecule has 1 aromatic carbocycles. The maximum atomic E-state index is 12.4. The van der Waals surface area contributed by atoms with Gasteiger partial charge in [-0.1, -0.05) is 12.2 Å². The average molecular weight is 316 g/mol. The topological polar surface area (TPSA) is 78.7 Å². The van der Waals surface area contributed by atoms with Gasteiger partial charge in [0.15, 0.2) is 0 Å². The first-order valence-corrected chi connectivity index (χ1v) is 7.74. The second-order valence-corrected chi connectivity index (χ2v) is 6.00. The monoisotopic (exact) mass is 316 g/mol. The van der Waals surface area contributed by atoms with Crippen molar-refractivity contribution in [1.29, 1.82) is 0 Å². The van der Waals surface area contributed by atoms with Crippen LogP contribution in [0.25, 0.3) is 0 Å². The smallest absolute Gasteiger partial charge is 0.321 e. The molecule has 0 spiro atoms. The van der Waals surface area contributed by atoms with Gasteiger partial charge >= 0.3 is 6.03 Å². The lowest BCUT2D eigenvalue weighted by Crippen LogP contribution is -2.38. The summed E-state index contributed by atoms with van der Waals surface area (Å²) in [5.41, 5.74) is 1.19. The summed E-state index contributed by atoms with van der Waals surface area (Å²) in [5.74, 6) is 0. The van der Waals surface area contributed by atoms with Gasteiger partial charge in [-0.05, 0) is 25.5 Å². The van der Waals surface area contributed by atoms with Crippen LogP contribution in [0.15, 0.2) is 30.4 Å². The first kappa shape index (κ1) is 15.5. The van der Waals surface area contributed by atoms with Gasteiger partial charge in [0.25, 0.3) is 5.69 Å². The molecule has 0 saturated carbocycles. The van der Waals surface area contributed by atoms with E-state index < -0.39 is 4.92 Å². The highest BCUT2D eigenvalue weighted by molar-refractivity contribution is 5.89. The van der Waals surface area contributed by atoms with E-state index >= 15 is 0 Å². The fourth-order valence-electron chi connectivity index (χ4n) is 3.16. The zero-order valence-electron chi connectivity index (χ0n) is 13.1. The Morgan fingerprint density at radius 3 is 2.74 bits per heavy atom. The third-order valence-corrected chi connectivity index (χ3v) is 4.46. The fourth-order valence-corrected chi connectivity index (χ4v) is 3.16. The van der Waals surface area contributed by atoms with Crippen LogP contribution in [0.2, 0.25) is 0 Å². The molecule has 2 heterocycles. The standard InChI is InChI=1S/C16H20N4O3/c1-12-10-13(4-5-15(12)20(22)23)17-16(21)19-9-6-14(11-19)18-7-2-3-8-18/h2-5,10,14H,6-9,11H2,1H3,(H,17,21)/t14-/m0/s1. The number of hydrogen-bond donors (Lipinski definition) is 1. The van der Waals surface area contributed by atoms with Crippen molar-refractivity contribution in [2.45, 2.75) is 19.4 Å². The molecule has 2 aliphatic heterocycles. The van der Waals surface area contributed by atoms with E-state index in [1.165, 1.54) is 6.07 Å². The number of anilines is 1. The number of nitro benzene ring substituents is 1. The van der Waals surface area contributed by atoms with E-state index in [-0.39, 0.29) is 11.7 Å². The number of hydrogen-bond acceptors (Lipinski definition) is 4. The number of likely N-dealkylation sites (tertiary alicyclic amines) is 1. The Hall–Kier alpha value is -2.41. The van der Waals surface area contributed by atoms with Crippen LogP contribution < -0.4 is 5.32 Å². The number of aryl methyl sites for hydroxylation is 1. The Morgan fingerprint density at radius 1 is 1.35 bits per heavy atom. The molecule has 1 atom stereocenters. The molecule has 7 heteroatoms. The van der Waals surface area contributed by atoms with Gasteiger partial charge in [-0.25, -0.2) is 4.79 Å². The number of benzene rings is 1. The Bertz CT molecular complexity index is 651. The SMILES string of the molecule is Cc1cc(NC(=O)N2CC[C@H](N3CC=CC3)C2)ccc1[N+](=O)[O-]. The number of nitrogens with zero attached hydrogens (tertiary/aromatic N) is 3. The van der Waals surface area contributed by atoms with Gasteiger partial charge < -0.3 is 10.2 Å². The van der Waals surface area contributed by atoms with Crippen molar-refractivity contribution in [1.82, 2.24) is 9.80 Å². The van der Waals surface area contributed by atoms with E-state index in [0.29, 0.717) is 17.3 Å². The van der Waals surface area contributed by atoms with Crippen LogP contribution in [0.1, 0.15) is 12.0 Å². The van der Waals surface area contributed by atoms with Gasteiger partial charge in [-0.3, -0.25) is 15.0 Å². The molecule has 0 aliphatic carbocycles. The molecule has 1 aromatic rings. The highest BCUT2D eigenvalue weighted by Gasteiger charge is 2.30. The normalized spacial score (nSPS) is 20.9. The molecule has 2 aliphatic rings. The number of rotatable bonds is 3. The zero-order chi connectivity index (χ0) is 16.4. The number of carbonyl (C=O) groups is 1. The highest BCUT2D eigenvalue weighted by atomic mass is 16.6. The van der Waals surface area contributed by atoms with Crippen molar-refractivity contribution >= 4 is 17.4 Å². The van der Waals surface area contributed by atoms with Crippen LogP contribution in [0.4, 0.5) is 16.2 Å². The number of nitro groups is 1. The van der Waals surface area contributed by atoms with Crippen LogP contribution in [-0.4, -0.2) is 53.0 Å². The minimum absolute atomic E-state index is 0.0609. The lowest BCUT2D eigenvalue weighted by Gasteiger charge is -2.23. The molecule has 0 radical (unpaired) electrons. The molecule has 2 amide bonds. The van der Waals surface area contributed by atoms with Gasteiger partial charge in [0.1, 0.15) is 0 Å². The van der Waals surface area contributed by atoms with Crippen LogP contribution in [0, 0.1) is 17.0 Å². The molecule has 0 aromatic heterocycles. The Kier molecular flexibility index (Phi) is 4.29.